The van der Waals surface area contributed by atoms with Crippen molar-refractivity contribution < 1.29 is 9.90 Å². The first-order valence-corrected chi connectivity index (χ1v) is 4.32. The number of fused-ring (bicyclic) bond motifs is 1. The first-order valence-electron chi connectivity index (χ1n) is 4.32. The summed E-state index contributed by atoms with van der Waals surface area (Å²) in [6.07, 6.45) is 1.42. The zero-order valence-electron chi connectivity index (χ0n) is 7.89. The van der Waals surface area contributed by atoms with Crippen molar-refractivity contribution in [2.24, 2.45) is 0 Å². The van der Waals surface area contributed by atoms with Crippen LogP contribution < -0.4 is 5.56 Å². The van der Waals surface area contributed by atoms with Crippen LogP contribution in [0, 0.1) is 0 Å². The first kappa shape index (κ1) is 9.38. The van der Waals surface area contributed by atoms with Crippen LogP contribution in [0.1, 0.15) is 17.4 Å². The second-order valence-electron chi connectivity index (χ2n) is 2.91. The van der Waals surface area contributed by atoms with Gasteiger partial charge < -0.3 is 10.1 Å². The van der Waals surface area contributed by atoms with Gasteiger partial charge in [-0.2, -0.15) is 5.10 Å². The minimum atomic E-state index is -1.35. The van der Waals surface area contributed by atoms with Gasteiger partial charge in [-0.05, 0) is 6.92 Å². The van der Waals surface area contributed by atoms with Crippen LogP contribution in [0.3, 0.4) is 0 Å². The SMILES string of the molecule is CCn1ncc2nc(C(=O)O)c(=O)[nH]c21. The van der Waals surface area contributed by atoms with Crippen LogP contribution in [0.2, 0.25) is 0 Å². The average molecular weight is 208 g/mol. The quantitative estimate of drug-likeness (QED) is 0.713. The van der Waals surface area contributed by atoms with Crippen LogP contribution in [0.15, 0.2) is 11.0 Å². The van der Waals surface area contributed by atoms with Crippen molar-refractivity contribution >= 4 is 17.1 Å². The highest BCUT2D eigenvalue weighted by Crippen LogP contribution is 2.05. The number of hydrogen-bond donors (Lipinski definition) is 2. The molecule has 0 aliphatic heterocycles. The number of nitrogens with one attached hydrogen (secondary N) is 1. The van der Waals surface area contributed by atoms with Gasteiger partial charge in [0.15, 0.2) is 5.65 Å². The zero-order valence-corrected chi connectivity index (χ0v) is 7.89. The summed E-state index contributed by atoms with van der Waals surface area (Å²) in [7, 11) is 0. The fourth-order valence-electron chi connectivity index (χ4n) is 1.31. The van der Waals surface area contributed by atoms with Gasteiger partial charge in [-0.3, -0.25) is 4.79 Å². The van der Waals surface area contributed by atoms with E-state index in [9.17, 15) is 9.59 Å². The maximum atomic E-state index is 11.3. The highest BCUT2D eigenvalue weighted by atomic mass is 16.4. The Morgan fingerprint density at radius 1 is 1.67 bits per heavy atom. The van der Waals surface area contributed by atoms with Crippen molar-refractivity contribution in [1.29, 1.82) is 0 Å². The van der Waals surface area contributed by atoms with Crippen LogP contribution in [0.5, 0.6) is 0 Å². The number of nitrogens with zero attached hydrogens (tertiary/aromatic N) is 3. The molecule has 0 aliphatic rings. The highest BCUT2D eigenvalue weighted by molar-refractivity contribution is 5.87. The molecule has 0 amide bonds. The molecule has 2 aromatic heterocycles. The van der Waals surface area contributed by atoms with Crippen molar-refractivity contribution in [3.05, 3.63) is 22.2 Å². The van der Waals surface area contributed by atoms with Crippen molar-refractivity contribution in [1.82, 2.24) is 19.7 Å². The normalized spacial score (nSPS) is 10.7. The Labute approximate surface area is 83.4 Å². The summed E-state index contributed by atoms with van der Waals surface area (Å²) >= 11 is 0. The fourth-order valence-corrected chi connectivity index (χ4v) is 1.31. The molecule has 2 heterocycles. The standard InChI is InChI=1S/C8H8N4O3/c1-2-12-6-4(3-9-12)10-5(8(14)15)7(13)11-6/h3H,2H2,1H3,(H,11,13)(H,14,15). The van der Waals surface area contributed by atoms with E-state index >= 15 is 0 Å². The summed E-state index contributed by atoms with van der Waals surface area (Å²) in [5, 5.41) is 12.6. The molecule has 0 spiro atoms. The van der Waals surface area contributed by atoms with E-state index in [1.807, 2.05) is 6.92 Å². The lowest BCUT2D eigenvalue weighted by atomic mass is 10.4. The van der Waals surface area contributed by atoms with Gasteiger partial charge in [0.05, 0.1) is 6.20 Å². The van der Waals surface area contributed by atoms with E-state index in [2.05, 4.69) is 15.1 Å². The molecule has 7 nitrogen and oxygen atoms in total. The molecular weight excluding hydrogens is 200 g/mol. The second-order valence-corrected chi connectivity index (χ2v) is 2.91. The molecule has 0 saturated heterocycles. The Hall–Kier alpha value is -2.18. The molecule has 2 aromatic rings. The number of carboxylic acids is 1. The maximum absolute atomic E-state index is 11.3. The Morgan fingerprint density at radius 3 is 3.00 bits per heavy atom. The number of carbonyl (C=O) groups is 1. The topological polar surface area (TPSA) is 101 Å². The third kappa shape index (κ3) is 1.37. The van der Waals surface area contributed by atoms with Gasteiger partial charge in [0.1, 0.15) is 5.52 Å². The number of aromatic nitrogens is 4. The predicted octanol–water partition coefficient (Wildman–Crippen LogP) is -0.162. The van der Waals surface area contributed by atoms with Crippen LogP contribution in [0.25, 0.3) is 11.2 Å². The number of hydrogen-bond acceptors (Lipinski definition) is 4. The number of rotatable bonds is 2. The van der Waals surface area contributed by atoms with Gasteiger partial charge in [-0.25, -0.2) is 14.5 Å². The van der Waals surface area contributed by atoms with Gasteiger partial charge in [0.25, 0.3) is 5.56 Å². The molecule has 0 fully saturated rings. The zero-order chi connectivity index (χ0) is 11.0. The van der Waals surface area contributed by atoms with Crippen molar-refractivity contribution in [2.75, 3.05) is 0 Å². The first-order chi connectivity index (χ1) is 7.13. The molecule has 78 valence electrons. The molecule has 7 heteroatoms. The van der Waals surface area contributed by atoms with E-state index in [1.54, 1.807) is 0 Å². The van der Waals surface area contributed by atoms with Gasteiger partial charge in [0.2, 0.25) is 5.69 Å². The van der Waals surface area contributed by atoms with E-state index in [4.69, 9.17) is 5.11 Å². The van der Waals surface area contributed by atoms with Gasteiger partial charge in [-0.1, -0.05) is 0 Å². The molecule has 0 atom stereocenters. The molecule has 0 aromatic carbocycles. The lowest BCUT2D eigenvalue weighted by Crippen LogP contribution is -2.20. The molecular formula is C8H8N4O3. The number of carboxylic acid groups (broad SMARTS) is 1. The lowest BCUT2D eigenvalue weighted by Gasteiger charge is -1.97. The second kappa shape index (κ2) is 3.19. The molecule has 0 saturated carbocycles. The van der Waals surface area contributed by atoms with E-state index < -0.39 is 17.2 Å². The minimum Gasteiger partial charge on any atom is -0.476 e. The van der Waals surface area contributed by atoms with E-state index in [0.717, 1.165) is 0 Å². The third-order valence-corrected chi connectivity index (χ3v) is 2.00. The average Bonchev–Trinajstić information content (AvgIpc) is 2.58. The smallest absolute Gasteiger partial charge is 0.360 e. The largest absolute Gasteiger partial charge is 0.476 e. The fraction of sp³-hybridized carbons (Fsp3) is 0.250. The Balaban J connectivity index is 2.78. The van der Waals surface area contributed by atoms with Gasteiger partial charge in [-0.15, -0.1) is 0 Å². The van der Waals surface area contributed by atoms with Crippen LogP contribution in [-0.2, 0) is 6.54 Å². The van der Waals surface area contributed by atoms with Crippen molar-refractivity contribution in [3.63, 3.8) is 0 Å². The van der Waals surface area contributed by atoms with Gasteiger partial charge >= 0.3 is 5.97 Å². The van der Waals surface area contributed by atoms with Crippen molar-refractivity contribution in [2.45, 2.75) is 13.5 Å². The summed E-state index contributed by atoms with van der Waals surface area (Å²) in [6, 6.07) is 0. The Morgan fingerprint density at radius 2 is 2.40 bits per heavy atom. The molecule has 15 heavy (non-hydrogen) atoms. The number of aryl methyl sites for hydroxylation is 1. The van der Waals surface area contributed by atoms with E-state index in [1.165, 1.54) is 10.9 Å². The Bertz CT molecular complexity index is 583. The number of aromatic amines is 1. The highest BCUT2D eigenvalue weighted by Gasteiger charge is 2.13. The van der Waals surface area contributed by atoms with E-state index in [0.29, 0.717) is 17.7 Å². The monoisotopic (exact) mass is 208 g/mol. The lowest BCUT2D eigenvalue weighted by molar-refractivity contribution is 0.0689. The van der Waals surface area contributed by atoms with Crippen LogP contribution in [0.4, 0.5) is 0 Å². The number of H-pyrrole nitrogens is 1. The number of aromatic carboxylic acids is 1. The summed E-state index contributed by atoms with van der Waals surface area (Å²) in [6.45, 7) is 2.43. The molecule has 2 rings (SSSR count). The summed E-state index contributed by atoms with van der Waals surface area (Å²) < 4.78 is 1.54. The summed E-state index contributed by atoms with van der Waals surface area (Å²) in [5.41, 5.74) is -0.426. The maximum Gasteiger partial charge on any atom is 0.360 e. The van der Waals surface area contributed by atoms with Crippen molar-refractivity contribution in [3.8, 4) is 0 Å². The van der Waals surface area contributed by atoms with Crippen LogP contribution in [-0.4, -0.2) is 30.8 Å². The molecule has 0 bridgehead atoms. The van der Waals surface area contributed by atoms with Gasteiger partial charge in [0, 0.05) is 6.54 Å². The molecule has 0 radical (unpaired) electrons. The molecule has 2 N–H and O–H groups in total. The Kier molecular flexibility index (Phi) is 2.00. The molecule has 0 aliphatic carbocycles. The summed E-state index contributed by atoms with van der Waals surface area (Å²) in [5.74, 6) is -1.35. The van der Waals surface area contributed by atoms with E-state index in [-0.39, 0.29) is 0 Å². The predicted molar refractivity (Wildman–Crippen MR) is 50.8 cm³/mol. The van der Waals surface area contributed by atoms with Crippen LogP contribution >= 0.6 is 0 Å². The minimum absolute atomic E-state index is 0.369. The molecule has 0 unspecified atom stereocenters. The third-order valence-electron chi connectivity index (χ3n) is 2.00. The summed E-state index contributed by atoms with van der Waals surface area (Å²) in [4.78, 5) is 28.1.